The van der Waals surface area contributed by atoms with Crippen LogP contribution < -0.4 is 4.90 Å². The summed E-state index contributed by atoms with van der Waals surface area (Å²) >= 11 is 0. The van der Waals surface area contributed by atoms with Gasteiger partial charge in [0.1, 0.15) is 0 Å². The van der Waals surface area contributed by atoms with E-state index in [-0.39, 0.29) is 5.91 Å². The average Bonchev–Trinajstić information content (AvgIpc) is 3.29. The Morgan fingerprint density at radius 3 is 2.29 bits per heavy atom. The minimum Gasteiger partial charge on any atom is -0.372 e. The van der Waals surface area contributed by atoms with Gasteiger partial charge < -0.3 is 14.4 Å². The topological polar surface area (TPSA) is 41.4 Å². The number of carbonyl (C=O) groups excluding carboxylic acids is 1. The van der Waals surface area contributed by atoms with Crippen LogP contribution in [0, 0.1) is 0 Å². The van der Waals surface area contributed by atoms with E-state index in [2.05, 4.69) is 34.1 Å². The third-order valence-corrected chi connectivity index (χ3v) is 5.34. The van der Waals surface area contributed by atoms with Gasteiger partial charge >= 0.3 is 0 Å². The highest BCUT2D eigenvalue weighted by Gasteiger charge is 2.14. The molecular weight excluding hydrogens is 348 g/mol. The van der Waals surface area contributed by atoms with E-state index in [0.717, 1.165) is 24.3 Å². The Balaban J connectivity index is 1.38. The first-order valence-electron chi connectivity index (χ1n) is 9.88. The van der Waals surface area contributed by atoms with Gasteiger partial charge in [-0.15, -0.1) is 0 Å². The van der Waals surface area contributed by atoms with Crippen molar-refractivity contribution in [2.24, 2.45) is 0 Å². The first-order valence-corrected chi connectivity index (χ1v) is 9.88. The SMILES string of the molecule is CN(Cc1ccc(N2CCCCC2)cc1)C(=O)c1ccc(-n2ccnc2)cc1. The maximum absolute atomic E-state index is 12.8. The van der Waals surface area contributed by atoms with Gasteiger partial charge in [0.25, 0.3) is 5.91 Å². The molecule has 0 N–H and O–H groups in total. The highest BCUT2D eigenvalue weighted by atomic mass is 16.2. The third-order valence-electron chi connectivity index (χ3n) is 5.34. The fraction of sp³-hybridized carbons (Fsp3) is 0.304. The van der Waals surface area contributed by atoms with Crippen LogP contribution in [0.5, 0.6) is 0 Å². The van der Waals surface area contributed by atoms with Gasteiger partial charge in [0.2, 0.25) is 0 Å². The van der Waals surface area contributed by atoms with Crippen LogP contribution >= 0.6 is 0 Å². The second-order valence-electron chi connectivity index (χ2n) is 7.39. The normalized spacial score (nSPS) is 14.1. The summed E-state index contributed by atoms with van der Waals surface area (Å²) in [4.78, 5) is 21.0. The molecule has 1 amide bonds. The average molecular weight is 374 g/mol. The van der Waals surface area contributed by atoms with Crippen LogP contribution in [-0.4, -0.2) is 40.5 Å². The number of carbonyl (C=O) groups is 1. The predicted octanol–water partition coefficient (Wildman–Crippen LogP) is 4.13. The summed E-state index contributed by atoms with van der Waals surface area (Å²) in [5.74, 6) is 0.0253. The van der Waals surface area contributed by atoms with E-state index in [1.807, 2.05) is 42.1 Å². The smallest absolute Gasteiger partial charge is 0.253 e. The Morgan fingerprint density at radius 1 is 0.964 bits per heavy atom. The number of hydrogen-bond acceptors (Lipinski definition) is 3. The molecule has 3 aromatic rings. The Labute approximate surface area is 166 Å². The summed E-state index contributed by atoms with van der Waals surface area (Å²) in [5.41, 5.74) is 4.11. The van der Waals surface area contributed by atoms with Crippen LogP contribution in [0.15, 0.2) is 67.3 Å². The van der Waals surface area contributed by atoms with E-state index < -0.39 is 0 Å². The Kier molecular flexibility index (Phi) is 5.42. The molecular formula is C23H26N4O. The number of aromatic nitrogens is 2. The van der Waals surface area contributed by atoms with Gasteiger partial charge in [0.15, 0.2) is 0 Å². The number of benzene rings is 2. The second kappa shape index (κ2) is 8.30. The summed E-state index contributed by atoms with van der Waals surface area (Å²) in [6, 6.07) is 16.2. The van der Waals surface area contributed by atoms with E-state index in [9.17, 15) is 4.79 Å². The third kappa shape index (κ3) is 4.09. The molecule has 1 aliphatic heterocycles. The Hall–Kier alpha value is -3.08. The van der Waals surface area contributed by atoms with E-state index >= 15 is 0 Å². The van der Waals surface area contributed by atoms with Crippen LogP contribution in [0.3, 0.4) is 0 Å². The van der Waals surface area contributed by atoms with Crippen LogP contribution in [0.1, 0.15) is 35.2 Å². The lowest BCUT2D eigenvalue weighted by Gasteiger charge is -2.29. The molecule has 0 radical (unpaired) electrons. The number of nitrogens with zero attached hydrogens (tertiary/aromatic N) is 4. The second-order valence-corrected chi connectivity index (χ2v) is 7.39. The van der Waals surface area contributed by atoms with Gasteiger partial charge in [-0.2, -0.15) is 0 Å². The van der Waals surface area contributed by atoms with Crippen LogP contribution in [0.25, 0.3) is 5.69 Å². The molecule has 2 aromatic carbocycles. The standard InChI is InChI=1S/C23H26N4O/c1-25(17-19-5-9-21(10-6-19)26-14-3-2-4-15-26)23(28)20-7-11-22(12-8-20)27-16-13-24-18-27/h5-13,16,18H,2-4,14-15,17H2,1H3. The van der Waals surface area contributed by atoms with Crippen LogP contribution in [-0.2, 0) is 6.54 Å². The molecule has 0 saturated carbocycles. The van der Waals surface area contributed by atoms with Crippen molar-refractivity contribution >= 4 is 11.6 Å². The van der Waals surface area contributed by atoms with Gasteiger partial charge in [-0.25, -0.2) is 4.98 Å². The van der Waals surface area contributed by atoms with Gasteiger partial charge in [0.05, 0.1) is 6.33 Å². The molecule has 5 nitrogen and oxygen atoms in total. The van der Waals surface area contributed by atoms with Gasteiger partial charge in [-0.1, -0.05) is 12.1 Å². The highest BCUT2D eigenvalue weighted by Crippen LogP contribution is 2.21. The molecule has 0 unspecified atom stereocenters. The van der Waals surface area contributed by atoms with E-state index in [0.29, 0.717) is 12.1 Å². The lowest BCUT2D eigenvalue weighted by Crippen LogP contribution is -2.29. The molecule has 1 aromatic heterocycles. The lowest BCUT2D eigenvalue weighted by molar-refractivity contribution is 0.0785. The van der Waals surface area contributed by atoms with Gasteiger partial charge in [-0.3, -0.25) is 4.79 Å². The lowest BCUT2D eigenvalue weighted by atomic mass is 10.1. The molecule has 1 saturated heterocycles. The maximum Gasteiger partial charge on any atom is 0.253 e. The zero-order valence-electron chi connectivity index (χ0n) is 16.3. The molecule has 5 heteroatoms. The number of piperidine rings is 1. The Morgan fingerprint density at radius 2 is 1.64 bits per heavy atom. The van der Waals surface area contributed by atoms with E-state index in [1.54, 1.807) is 17.4 Å². The van der Waals surface area contributed by atoms with E-state index in [1.165, 1.54) is 24.9 Å². The molecule has 0 aliphatic carbocycles. The summed E-state index contributed by atoms with van der Waals surface area (Å²) in [6.45, 7) is 2.89. The minimum absolute atomic E-state index is 0.0253. The molecule has 2 heterocycles. The summed E-state index contributed by atoms with van der Waals surface area (Å²) < 4.78 is 1.92. The first kappa shape index (κ1) is 18.3. The van der Waals surface area contributed by atoms with Crippen LogP contribution in [0.4, 0.5) is 5.69 Å². The number of rotatable bonds is 5. The largest absolute Gasteiger partial charge is 0.372 e. The minimum atomic E-state index is 0.0253. The fourth-order valence-corrected chi connectivity index (χ4v) is 3.72. The monoisotopic (exact) mass is 374 g/mol. The summed E-state index contributed by atoms with van der Waals surface area (Å²) in [7, 11) is 1.85. The Bertz CT molecular complexity index is 895. The summed E-state index contributed by atoms with van der Waals surface area (Å²) in [5, 5.41) is 0. The zero-order valence-corrected chi connectivity index (χ0v) is 16.3. The number of amides is 1. The van der Waals surface area contributed by atoms with Crippen molar-refractivity contribution in [1.82, 2.24) is 14.5 Å². The van der Waals surface area contributed by atoms with E-state index in [4.69, 9.17) is 0 Å². The number of imidazole rings is 1. The van der Waals surface area contributed by atoms with Crippen molar-refractivity contribution in [2.75, 3.05) is 25.0 Å². The van der Waals surface area contributed by atoms with Crippen molar-refractivity contribution in [2.45, 2.75) is 25.8 Å². The number of hydrogen-bond donors (Lipinski definition) is 0. The fourth-order valence-electron chi connectivity index (χ4n) is 3.72. The van der Waals surface area contributed by atoms with Crippen molar-refractivity contribution in [3.63, 3.8) is 0 Å². The first-order chi connectivity index (χ1) is 13.7. The quantitative estimate of drug-likeness (QED) is 0.674. The molecule has 0 atom stereocenters. The molecule has 0 bridgehead atoms. The van der Waals surface area contributed by atoms with Crippen molar-refractivity contribution < 1.29 is 4.79 Å². The molecule has 28 heavy (non-hydrogen) atoms. The molecule has 1 fully saturated rings. The maximum atomic E-state index is 12.8. The molecule has 1 aliphatic rings. The zero-order chi connectivity index (χ0) is 19.3. The van der Waals surface area contributed by atoms with Crippen molar-refractivity contribution in [3.8, 4) is 5.69 Å². The molecule has 0 spiro atoms. The molecule has 4 rings (SSSR count). The highest BCUT2D eigenvalue weighted by molar-refractivity contribution is 5.94. The number of anilines is 1. The van der Waals surface area contributed by atoms with Gasteiger partial charge in [-0.05, 0) is 61.2 Å². The van der Waals surface area contributed by atoms with Crippen LogP contribution in [0.2, 0.25) is 0 Å². The van der Waals surface area contributed by atoms with Crippen molar-refractivity contribution in [1.29, 1.82) is 0 Å². The molecule has 144 valence electrons. The van der Waals surface area contributed by atoms with Crippen molar-refractivity contribution in [3.05, 3.63) is 78.4 Å². The van der Waals surface area contributed by atoms with Gasteiger partial charge in [0, 0.05) is 56.0 Å². The summed E-state index contributed by atoms with van der Waals surface area (Å²) in [6.07, 6.45) is 9.26. The predicted molar refractivity (Wildman–Crippen MR) is 112 cm³/mol.